The zero-order chi connectivity index (χ0) is 26.4. The molecule has 1 aliphatic heterocycles. The molecule has 3 rings (SSSR count). The Morgan fingerprint density at radius 3 is 2.39 bits per heavy atom. The molecule has 0 amide bonds. The zero-order valence-corrected chi connectivity index (χ0v) is 19.3. The molecule has 0 atom stereocenters. The first kappa shape index (κ1) is 25.7. The number of methoxy groups -OCH3 is 2. The molecule has 0 aromatic rings. The minimum Gasteiger partial charge on any atom is -0.515 e. The highest BCUT2D eigenvalue weighted by Crippen LogP contribution is 2.36. The predicted octanol–water partition coefficient (Wildman–Crippen LogP) is 2.48. The molecule has 3 aliphatic rings. The fourth-order valence-corrected chi connectivity index (χ4v) is 3.75. The number of rotatable bonds is 9. The van der Waals surface area contributed by atoms with Gasteiger partial charge in [0.15, 0.2) is 0 Å². The highest BCUT2D eigenvalue weighted by Gasteiger charge is 2.25. The van der Waals surface area contributed by atoms with Gasteiger partial charge in [-0.3, -0.25) is 14.6 Å². The van der Waals surface area contributed by atoms with Gasteiger partial charge in [-0.05, 0) is 22.8 Å². The molecule has 0 radical (unpaired) electrons. The largest absolute Gasteiger partial charge is 0.515 e. The second-order valence-corrected chi connectivity index (χ2v) is 7.51. The van der Waals surface area contributed by atoms with Crippen LogP contribution in [-0.4, -0.2) is 70.7 Å². The number of carboxylic acid groups (broad SMARTS) is 2. The Bertz CT molecular complexity index is 1360. The number of aromatic nitrogens is 1. The van der Waals surface area contributed by atoms with Crippen LogP contribution in [0.15, 0.2) is 70.2 Å². The number of allylic oxidation sites excluding steroid dienone is 4. The Morgan fingerprint density at radius 2 is 1.78 bits per heavy atom. The number of aliphatic hydroxyl groups excluding tert-OH is 1. The number of esters is 2. The fourth-order valence-electron chi connectivity index (χ4n) is 3.75. The molecule has 1 heterocycles. The quantitative estimate of drug-likeness (QED) is 0.205. The highest BCUT2D eigenvalue weighted by molar-refractivity contribution is 6.04. The number of carboxylic acids is 2. The molecule has 36 heavy (non-hydrogen) atoms. The average Bonchev–Trinajstić information content (AvgIpc) is 3.42. The number of fused-ring (bicyclic) bond motifs is 1. The van der Waals surface area contributed by atoms with Crippen molar-refractivity contribution >= 4 is 36.2 Å². The summed E-state index contributed by atoms with van der Waals surface area (Å²) in [5.74, 6) is -3.71. The summed E-state index contributed by atoms with van der Waals surface area (Å²) in [5.41, 5.74) is 2.76. The first-order valence-electron chi connectivity index (χ1n) is 10.4. The average molecular weight is 494 g/mol. The number of aliphatic hydroxyl groups is 1. The van der Waals surface area contributed by atoms with Crippen LogP contribution in [0.5, 0.6) is 0 Å². The number of pyridine rings is 1. The summed E-state index contributed by atoms with van der Waals surface area (Å²) in [6.45, 7) is -0.875. The number of nitrogens with zero attached hydrogens (tertiary/aromatic N) is 2. The van der Waals surface area contributed by atoms with Crippen molar-refractivity contribution in [2.24, 2.45) is 4.99 Å². The van der Waals surface area contributed by atoms with Crippen LogP contribution in [0.2, 0.25) is 0 Å². The lowest BCUT2D eigenvalue weighted by Gasteiger charge is -2.13. The molecule has 0 unspecified atom stereocenters. The van der Waals surface area contributed by atoms with Crippen molar-refractivity contribution in [1.82, 2.24) is 4.57 Å². The topological polar surface area (TPSA) is 165 Å². The second kappa shape index (κ2) is 11.0. The lowest BCUT2D eigenvalue weighted by Crippen LogP contribution is -2.13. The molecule has 0 saturated heterocycles. The molecular formula is C25H22N2O9. The van der Waals surface area contributed by atoms with Gasteiger partial charge in [-0.15, -0.1) is 0 Å². The summed E-state index contributed by atoms with van der Waals surface area (Å²) in [5, 5.41) is 27.7. The SMILES string of the molecule is COC(=O)C(=CO)C1=C(C=NCC(=O)O)/C(=C\c2ccc3cn(CC(=O)O)cc(C(=O)OC)c2-3)C=C1. The van der Waals surface area contributed by atoms with Crippen molar-refractivity contribution in [3.8, 4) is 11.1 Å². The Morgan fingerprint density at radius 1 is 1.03 bits per heavy atom. The number of hydrogen-bond acceptors (Lipinski definition) is 8. The van der Waals surface area contributed by atoms with Crippen molar-refractivity contribution < 1.29 is 44.0 Å². The van der Waals surface area contributed by atoms with E-state index in [2.05, 4.69) is 4.99 Å². The van der Waals surface area contributed by atoms with Gasteiger partial charge < -0.3 is 29.4 Å². The maximum Gasteiger partial charge on any atom is 0.341 e. The summed E-state index contributed by atoms with van der Waals surface area (Å²) in [4.78, 5) is 50.7. The standard InChI is InChI=1S/C25H22N2O9/c1-35-24(33)19-11-27(12-22(31)32)10-16-4-3-15(23(16)19)7-14-5-6-17(20(13-28)25(34)36-2)18(14)8-26-9-21(29)30/h3-8,10-11,13,28H,9,12H2,1-2H3,(H,29,30)(H,31,32)/b14-7-,20-13?,26-8?. The van der Waals surface area contributed by atoms with Crippen LogP contribution >= 0.6 is 0 Å². The normalized spacial score (nSPS) is 14.7. The number of ether oxygens (including phenoxy) is 2. The molecular weight excluding hydrogens is 472 g/mol. The van der Waals surface area contributed by atoms with Crippen LogP contribution in [-0.2, 0) is 30.4 Å². The van der Waals surface area contributed by atoms with E-state index in [9.17, 15) is 24.3 Å². The minimum absolute atomic E-state index is 0.144. The van der Waals surface area contributed by atoms with Gasteiger partial charge in [-0.1, -0.05) is 24.3 Å². The molecule has 0 saturated carbocycles. The van der Waals surface area contributed by atoms with Gasteiger partial charge in [0, 0.05) is 35.3 Å². The third-order valence-corrected chi connectivity index (χ3v) is 5.23. The summed E-state index contributed by atoms with van der Waals surface area (Å²) in [6.07, 6.45) is 9.70. The fraction of sp³-hybridized carbons (Fsp3) is 0.160. The van der Waals surface area contributed by atoms with Crippen LogP contribution in [0, 0.1) is 0 Å². The molecule has 11 nitrogen and oxygen atoms in total. The molecule has 186 valence electrons. The smallest absolute Gasteiger partial charge is 0.341 e. The molecule has 0 aromatic carbocycles. The van der Waals surface area contributed by atoms with Crippen molar-refractivity contribution in [3.63, 3.8) is 0 Å². The Labute approximate surface area is 204 Å². The van der Waals surface area contributed by atoms with Crippen molar-refractivity contribution in [1.29, 1.82) is 0 Å². The van der Waals surface area contributed by atoms with Gasteiger partial charge in [-0.25, -0.2) is 9.59 Å². The number of hydrogen-bond donors (Lipinski definition) is 3. The van der Waals surface area contributed by atoms with Crippen molar-refractivity contribution in [3.05, 3.63) is 76.4 Å². The van der Waals surface area contributed by atoms with Gasteiger partial charge in [0.2, 0.25) is 0 Å². The lowest BCUT2D eigenvalue weighted by molar-refractivity contribution is -0.138. The van der Waals surface area contributed by atoms with E-state index >= 15 is 0 Å². The van der Waals surface area contributed by atoms with E-state index in [1.165, 1.54) is 24.1 Å². The van der Waals surface area contributed by atoms with Gasteiger partial charge in [-0.2, -0.15) is 0 Å². The van der Waals surface area contributed by atoms with Crippen LogP contribution < -0.4 is 0 Å². The van der Waals surface area contributed by atoms with Crippen molar-refractivity contribution in [2.75, 3.05) is 20.8 Å². The molecule has 3 N–H and O–H groups in total. The van der Waals surface area contributed by atoms with Crippen molar-refractivity contribution in [2.45, 2.75) is 6.54 Å². The molecule has 0 spiro atoms. The highest BCUT2D eigenvalue weighted by atomic mass is 16.5. The summed E-state index contributed by atoms with van der Waals surface area (Å²) in [6, 6.07) is 3.43. The minimum atomic E-state index is -1.16. The second-order valence-electron chi connectivity index (χ2n) is 7.51. The maximum atomic E-state index is 12.5. The third-order valence-electron chi connectivity index (χ3n) is 5.23. The van der Waals surface area contributed by atoms with Gasteiger partial charge in [0.1, 0.15) is 18.7 Å². The van der Waals surface area contributed by atoms with Gasteiger partial charge >= 0.3 is 23.9 Å². The van der Waals surface area contributed by atoms with E-state index in [1.54, 1.807) is 36.6 Å². The lowest BCUT2D eigenvalue weighted by atomic mass is 9.97. The van der Waals surface area contributed by atoms with Gasteiger partial charge in [0.05, 0.1) is 26.0 Å². The van der Waals surface area contributed by atoms with E-state index in [1.807, 2.05) is 0 Å². The van der Waals surface area contributed by atoms with Crippen LogP contribution in [0.3, 0.4) is 0 Å². The summed E-state index contributed by atoms with van der Waals surface area (Å²) >= 11 is 0. The van der Waals surface area contributed by atoms with Gasteiger partial charge in [0.25, 0.3) is 0 Å². The first-order chi connectivity index (χ1) is 17.2. The molecule has 11 heteroatoms. The zero-order valence-electron chi connectivity index (χ0n) is 19.3. The number of carbonyl (C=O) groups excluding carboxylic acids is 2. The number of aliphatic carboxylic acids is 2. The van der Waals surface area contributed by atoms with E-state index in [-0.39, 0.29) is 23.3 Å². The third kappa shape index (κ3) is 5.41. The van der Waals surface area contributed by atoms with Crippen LogP contribution in [0.4, 0.5) is 0 Å². The summed E-state index contributed by atoms with van der Waals surface area (Å²) < 4.78 is 11.0. The monoisotopic (exact) mass is 494 g/mol. The van der Waals surface area contributed by atoms with E-state index in [0.29, 0.717) is 34.1 Å². The predicted molar refractivity (Wildman–Crippen MR) is 128 cm³/mol. The van der Waals surface area contributed by atoms with Crippen LogP contribution in [0.25, 0.3) is 17.2 Å². The number of aliphatic imine (C=N–C) groups is 1. The molecule has 0 bridgehead atoms. The van der Waals surface area contributed by atoms with E-state index < -0.39 is 30.4 Å². The molecule has 0 aromatic heterocycles. The number of carbonyl (C=O) groups is 4. The Kier molecular flexibility index (Phi) is 7.85. The van der Waals surface area contributed by atoms with E-state index in [0.717, 1.165) is 7.11 Å². The Balaban J connectivity index is 2.19. The van der Waals surface area contributed by atoms with Crippen LogP contribution in [0.1, 0.15) is 15.9 Å². The molecule has 0 fully saturated rings. The first-order valence-corrected chi connectivity index (χ1v) is 10.4. The summed E-state index contributed by atoms with van der Waals surface area (Å²) in [7, 11) is 2.37. The van der Waals surface area contributed by atoms with E-state index in [4.69, 9.17) is 19.7 Å². The Hall–Kier alpha value is -4.93. The maximum absolute atomic E-state index is 12.5. The molecule has 2 aliphatic carbocycles.